The van der Waals surface area contributed by atoms with E-state index in [9.17, 15) is 24.3 Å². The molecule has 10 heteroatoms. The number of ether oxygens (including phenoxy) is 1. The van der Waals surface area contributed by atoms with Crippen molar-refractivity contribution in [3.8, 4) is 5.75 Å². The van der Waals surface area contributed by atoms with Gasteiger partial charge in [-0.05, 0) is 42.9 Å². The maximum atomic E-state index is 13.1. The first-order chi connectivity index (χ1) is 16.0. The van der Waals surface area contributed by atoms with Crippen molar-refractivity contribution in [3.05, 3.63) is 30.0 Å². The normalized spacial score (nSPS) is 17.6. The molecule has 0 saturated carbocycles. The lowest BCUT2D eigenvalue weighted by atomic mass is 9.87. The average Bonchev–Trinajstić information content (AvgIpc) is 3.37. The van der Waals surface area contributed by atoms with Crippen LogP contribution in [0.2, 0.25) is 0 Å². The van der Waals surface area contributed by atoms with Gasteiger partial charge in [0.2, 0.25) is 11.8 Å². The molecule has 10 nitrogen and oxygen atoms in total. The maximum Gasteiger partial charge on any atom is 0.326 e. The number of aromatic nitrogens is 1. The second-order valence-corrected chi connectivity index (χ2v) is 9.81. The summed E-state index contributed by atoms with van der Waals surface area (Å²) in [7, 11) is 1.54. The van der Waals surface area contributed by atoms with Gasteiger partial charge in [0.25, 0.3) is 5.91 Å². The molecule has 0 bridgehead atoms. The van der Waals surface area contributed by atoms with Gasteiger partial charge in [-0.2, -0.15) is 0 Å². The summed E-state index contributed by atoms with van der Waals surface area (Å²) in [5.74, 6) is -2.41. The molecule has 1 aromatic carbocycles. The Hall–Kier alpha value is -3.56. The Labute approximate surface area is 197 Å². The zero-order valence-electron chi connectivity index (χ0n) is 19.9. The molecule has 1 saturated heterocycles. The highest BCUT2D eigenvalue weighted by Gasteiger charge is 2.34. The molecule has 5 N–H and O–H groups in total. The van der Waals surface area contributed by atoms with E-state index in [1.165, 1.54) is 0 Å². The standard InChI is InChI=1S/C24H32N4O6/c1-24(2,3)12-18(22(31)27-17(23(32)33)10-13-8-9-25-20(13)29)28-21(30)16-11-14-15(26-16)6-5-7-19(14)34-4/h5-7,11,13,17-18,26H,8-10,12H2,1-4H3,(H,25,29)(H,27,31)(H,28,30)(H,32,33)/t13-,17-,18-/m0/s1. The van der Waals surface area contributed by atoms with Crippen molar-refractivity contribution in [2.75, 3.05) is 13.7 Å². The monoisotopic (exact) mass is 472 g/mol. The molecular weight excluding hydrogens is 440 g/mol. The largest absolute Gasteiger partial charge is 0.496 e. The van der Waals surface area contributed by atoms with Crippen LogP contribution in [0.25, 0.3) is 10.9 Å². The molecule has 3 atom stereocenters. The zero-order chi connectivity index (χ0) is 25.0. The third kappa shape index (κ3) is 6.06. The first-order valence-corrected chi connectivity index (χ1v) is 11.3. The van der Waals surface area contributed by atoms with Crippen LogP contribution in [0.5, 0.6) is 5.75 Å². The number of carboxylic acid groups (broad SMARTS) is 1. The van der Waals surface area contributed by atoms with Gasteiger partial charge in [0.05, 0.1) is 7.11 Å². The topological polar surface area (TPSA) is 150 Å². The van der Waals surface area contributed by atoms with E-state index in [0.717, 1.165) is 5.39 Å². The first kappa shape index (κ1) is 25.1. The average molecular weight is 473 g/mol. The highest BCUT2D eigenvalue weighted by atomic mass is 16.5. The quantitative estimate of drug-likeness (QED) is 0.376. The second-order valence-electron chi connectivity index (χ2n) is 9.81. The zero-order valence-corrected chi connectivity index (χ0v) is 19.9. The predicted octanol–water partition coefficient (Wildman–Crippen LogP) is 1.81. The van der Waals surface area contributed by atoms with Crippen molar-refractivity contribution in [2.45, 2.75) is 52.1 Å². The number of carbonyl (C=O) groups excluding carboxylic acids is 3. The minimum atomic E-state index is -1.24. The molecule has 34 heavy (non-hydrogen) atoms. The Morgan fingerprint density at radius 2 is 1.94 bits per heavy atom. The highest BCUT2D eigenvalue weighted by Crippen LogP contribution is 2.26. The molecule has 0 unspecified atom stereocenters. The molecule has 1 aliphatic rings. The lowest BCUT2D eigenvalue weighted by Gasteiger charge is -2.27. The van der Waals surface area contributed by atoms with Gasteiger partial charge in [-0.25, -0.2) is 4.79 Å². The van der Waals surface area contributed by atoms with E-state index in [2.05, 4.69) is 20.9 Å². The summed E-state index contributed by atoms with van der Waals surface area (Å²) in [5.41, 5.74) is 0.633. The molecule has 0 spiro atoms. The molecule has 0 aliphatic carbocycles. The van der Waals surface area contributed by atoms with Crippen molar-refractivity contribution in [3.63, 3.8) is 0 Å². The number of aromatic amines is 1. The van der Waals surface area contributed by atoms with Crippen LogP contribution in [0, 0.1) is 11.3 Å². The SMILES string of the molecule is COc1cccc2[nH]c(C(=O)N[C@@H](CC(C)(C)C)C(=O)N[C@@H](C[C@@H]3CCNC3=O)C(=O)O)cc12. The molecule has 3 amide bonds. The minimum absolute atomic E-state index is 0.00902. The Bertz CT molecular complexity index is 1090. The summed E-state index contributed by atoms with van der Waals surface area (Å²) in [4.78, 5) is 52.8. The van der Waals surface area contributed by atoms with E-state index in [1.54, 1.807) is 25.3 Å². The van der Waals surface area contributed by atoms with Crippen molar-refractivity contribution in [2.24, 2.45) is 11.3 Å². The van der Waals surface area contributed by atoms with Gasteiger partial charge in [-0.15, -0.1) is 0 Å². The van der Waals surface area contributed by atoms with Gasteiger partial charge in [0.1, 0.15) is 23.5 Å². The Morgan fingerprint density at radius 1 is 1.21 bits per heavy atom. The summed E-state index contributed by atoms with van der Waals surface area (Å²) in [5, 5.41) is 18.3. The number of carboxylic acids is 1. The minimum Gasteiger partial charge on any atom is -0.496 e. The number of fused-ring (bicyclic) bond motifs is 1. The number of aliphatic carboxylic acids is 1. The van der Waals surface area contributed by atoms with Crippen LogP contribution >= 0.6 is 0 Å². The van der Waals surface area contributed by atoms with Crippen LogP contribution in [0.3, 0.4) is 0 Å². The number of benzene rings is 1. The predicted molar refractivity (Wildman–Crippen MR) is 125 cm³/mol. The van der Waals surface area contributed by atoms with Gasteiger partial charge in [-0.1, -0.05) is 26.8 Å². The number of nitrogens with one attached hydrogen (secondary N) is 4. The molecule has 1 aromatic heterocycles. The summed E-state index contributed by atoms with van der Waals surface area (Å²) in [6.45, 7) is 6.25. The number of H-pyrrole nitrogens is 1. The summed E-state index contributed by atoms with van der Waals surface area (Å²) >= 11 is 0. The van der Waals surface area contributed by atoms with Crippen LogP contribution in [0.15, 0.2) is 24.3 Å². The van der Waals surface area contributed by atoms with Crippen molar-refractivity contribution in [1.82, 2.24) is 20.9 Å². The van der Waals surface area contributed by atoms with Crippen LogP contribution < -0.4 is 20.7 Å². The summed E-state index contributed by atoms with van der Waals surface area (Å²) in [6, 6.07) is 4.83. The molecule has 2 aromatic rings. The van der Waals surface area contributed by atoms with E-state index < -0.39 is 35.8 Å². The van der Waals surface area contributed by atoms with Gasteiger partial charge in [0, 0.05) is 23.4 Å². The number of hydrogen-bond donors (Lipinski definition) is 5. The van der Waals surface area contributed by atoms with Crippen LogP contribution in [0.4, 0.5) is 0 Å². The van der Waals surface area contributed by atoms with Crippen molar-refractivity contribution < 1.29 is 29.0 Å². The Balaban J connectivity index is 1.77. The molecule has 184 valence electrons. The Morgan fingerprint density at radius 3 is 2.53 bits per heavy atom. The summed E-state index contributed by atoms with van der Waals surface area (Å²) in [6.07, 6.45) is 0.791. The van der Waals surface area contributed by atoms with Crippen LogP contribution in [0.1, 0.15) is 50.5 Å². The molecule has 1 aliphatic heterocycles. The fourth-order valence-corrected chi connectivity index (χ4v) is 4.13. The number of hydrogen-bond acceptors (Lipinski definition) is 5. The number of rotatable bonds is 9. The molecular formula is C24H32N4O6. The third-order valence-electron chi connectivity index (χ3n) is 5.82. The van der Waals surface area contributed by atoms with Crippen molar-refractivity contribution in [1.29, 1.82) is 0 Å². The van der Waals surface area contributed by atoms with Crippen molar-refractivity contribution >= 4 is 34.6 Å². The maximum absolute atomic E-state index is 13.1. The van der Waals surface area contributed by atoms with Gasteiger partial charge in [-0.3, -0.25) is 14.4 Å². The smallest absolute Gasteiger partial charge is 0.326 e. The van der Waals surface area contributed by atoms with Crippen LogP contribution in [-0.4, -0.2) is 59.5 Å². The van der Waals surface area contributed by atoms with Gasteiger partial charge >= 0.3 is 5.97 Å². The van der Waals surface area contributed by atoms with E-state index >= 15 is 0 Å². The Kier molecular flexibility index (Phi) is 7.48. The fourth-order valence-electron chi connectivity index (χ4n) is 4.13. The van der Waals surface area contributed by atoms with E-state index in [4.69, 9.17) is 4.74 Å². The number of methoxy groups -OCH3 is 1. The van der Waals surface area contributed by atoms with E-state index in [-0.39, 0.29) is 29.9 Å². The molecule has 0 radical (unpaired) electrons. The molecule has 3 rings (SSSR count). The molecule has 1 fully saturated rings. The van der Waals surface area contributed by atoms with E-state index in [0.29, 0.717) is 24.2 Å². The first-order valence-electron chi connectivity index (χ1n) is 11.3. The van der Waals surface area contributed by atoms with E-state index in [1.807, 2.05) is 26.8 Å². The highest BCUT2D eigenvalue weighted by molar-refractivity contribution is 6.01. The lowest BCUT2D eigenvalue weighted by molar-refractivity contribution is -0.143. The third-order valence-corrected chi connectivity index (χ3v) is 5.82. The van der Waals surface area contributed by atoms with Gasteiger partial charge in [0.15, 0.2) is 0 Å². The fraction of sp³-hybridized carbons (Fsp3) is 0.500. The van der Waals surface area contributed by atoms with Crippen LogP contribution in [-0.2, 0) is 14.4 Å². The number of amides is 3. The second kappa shape index (κ2) is 10.1. The lowest BCUT2D eigenvalue weighted by Crippen LogP contribution is -2.53. The summed E-state index contributed by atoms with van der Waals surface area (Å²) < 4.78 is 5.33. The van der Waals surface area contributed by atoms with Gasteiger partial charge < -0.3 is 30.8 Å². The molecule has 2 heterocycles. The number of carbonyl (C=O) groups is 4.